The summed E-state index contributed by atoms with van der Waals surface area (Å²) < 4.78 is 0. The molecule has 1 aromatic heterocycles. The first kappa shape index (κ1) is 20.2. The molecule has 0 fully saturated rings. The van der Waals surface area contributed by atoms with Crippen molar-refractivity contribution in [3.8, 4) is 0 Å². The zero-order valence-corrected chi connectivity index (χ0v) is 16.5. The standard InChI is InChI=1S/C23H23N3O3/c1-3-18-6-8-19(9-7-18)15-25(16-20-5-4-12-24-14-20)22-11-10-21(17(2)27)13-23(22)26(28)29/h4-14H,3,15-16H2,1-2H3. The number of hydrogen-bond donors (Lipinski definition) is 0. The highest BCUT2D eigenvalue weighted by Gasteiger charge is 2.22. The molecule has 1 heterocycles. The first-order valence-corrected chi connectivity index (χ1v) is 9.49. The lowest BCUT2D eigenvalue weighted by atomic mass is 10.1. The zero-order chi connectivity index (χ0) is 20.8. The van der Waals surface area contributed by atoms with Crippen molar-refractivity contribution in [1.29, 1.82) is 0 Å². The molecule has 0 aliphatic carbocycles. The quantitative estimate of drug-likeness (QED) is 0.309. The number of nitro benzene ring substituents is 1. The van der Waals surface area contributed by atoms with E-state index in [2.05, 4.69) is 24.0 Å². The predicted molar refractivity (Wildman–Crippen MR) is 113 cm³/mol. The number of Topliss-reactive ketones (excluding diaryl/α,β-unsaturated/α-hetero) is 1. The highest BCUT2D eigenvalue weighted by atomic mass is 16.6. The van der Waals surface area contributed by atoms with Crippen molar-refractivity contribution in [2.24, 2.45) is 0 Å². The molecule has 2 aromatic carbocycles. The van der Waals surface area contributed by atoms with Gasteiger partial charge >= 0.3 is 0 Å². The summed E-state index contributed by atoms with van der Waals surface area (Å²) >= 11 is 0. The Labute approximate surface area is 170 Å². The SMILES string of the molecule is CCc1ccc(CN(Cc2cccnc2)c2ccc(C(C)=O)cc2[N+](=O)[O-])cc1. The molecule has 0 N–H and O–H groups in total. The largest absolute Gasteiger partial charge is 0.357 e. The fourth-order valence-electron chi connectivity index (χ4n) is 3.20. The summed E-state index contributed by atoms with van der Waals surface area (Å²) in [6.45, 7) is 4.47. The minimum absolute atomic E-state index is 0.0771. The van der Waals surface area contributed by atoms with E-state index >= 15 is 0 Å². The van der Waals surface area contributed by atoms with E-state index in [-0.39, 0.29) is 11.5 Å². The van der Waals surface area contributed by atoms with Gasteiger partial charge in [-0.2, -0.15) is 0 Å². The van der Waals surface area contributed by atoms with Crippen molar-refractivity contribution in [1.82, 2.24) is 4.98 Å². The summed E-state index contributed by atoms with van der Waals surface area (Å²) in [6.07, 6.45) is 4.40. The number of hydrogen-bond acceptors (Lipinski definition) is 5. The van der Waals surface area contributed by atoms with Crippen LogP contribution in [0.3, 0.4) is 0 Å². The average Bonchev–Trinajstić information content (AvgIpc) is 2.74. The highest BCUT2D eigenvalue weighted by Crippen LogP contribution is 2.32. The Kier molecular flexibility index (Phi) is 6.34. The van der Waals surface area contributed by atoms with E-state index in [9.17, 15) is 14.9 Å². The Balaban J connectivity index is 2.01. The topological polar surface area (TPSA) is 76.3 Å². The Morgan fingerprint density at radius 2 is 1.72 bits per heavy atom. The van der Waals surface area contributed by atoms with Crippen LogP contribution < -0.4 is 4.90 Å². The van der Waals surface area contributed by atoms with Gasteiger partial charge < -0.3 is 4.90 Å². The summed E-state index contributed by atoms with van der Waals surface area (Å²) in [5, 5.41) is 11.7. The summed E-state index contributed by atoms with van der Waals surface area (Å²) in [5.74, 6) is -0.200. The van der Waals surface area contributed by atoms with Crippen LogP contribution in [0, 0.1) is 10.1 Å². The monoisotopic (exact) mass is 389 g/mol. The number of benzene rings is 2. The van der Waals surface area contributed by atoms with Crippen molar-refractivity contribution >= 4 is 17.2 Å². The number of carbonyl (C=O) groups is 1. The maximum atomic E-state index is 11.7. The molecule has 3 rings (SSSR count). The molecular weight excluding hydrogens is 366 g/mol. The van der Waals surface area contributed by atoms with Gasteiger partial charge in [0.15, 0.2) is 5.78 Å². The molecule has 29 heavy (non-hydrogen) atoms. The van der Waals surface area contributed by atoms with Crippen LogP contribution in [0.25, 0.3) is 0 Å². The van der Waals surface area contributed by atoms with Crippen LogP contribution in [-0.2, 0) is 19.5 Å². The molecule has 0 aliphatic rings. The number of nitro groups is 1. The van der Waals surface area contributed by atoms with Crippen LogP contribution in [0.2, 0.25) is 0 Å². The van der Waals surface area contributed by atoms with Crippen LogP contribution in [0.15, 0.2) is 67.0 Å². The van der Waals surface area contributed by atoms with E-state index in [1.165, 1.54) is 18.6 Å². The Morgan fingerprint density at radius 1 is 1.03 bits per heavy atom. The predicted octanol–water partition coefficient (Wildman–Crippen LogP) is 4.96. The second kappa shape index (κ2) is 9.10. The van der Waals surface area contributed by atoms with Crippen molar-refractivity contribution < 1.29 is 9.72 Å². The van der Waals surface area contributed by atoms with Crippen LogP contribution in [-0.4, -0.2) is 15.7 Å². The smallest absolute Gasteiger partial charge is 0.293 e. The number of rotatable bonds is 8. The fraction of sp³-hybridized carbons (Fsp3) is 0.217. The van der Waals surface area contributed by atoms with Crippen LogP contribution in [0.1, 0.15) is 40.9 Å². The van der Waals surface area contributed by atoms with Gasteiger partial charge in [0.1, 0.15) is 5.69 Å². The van der Waals surface area contributed by atoms with E-state index in [4.69, 9.17) is 0 Å². The van der Waals surface area contributed by atoms with Crippen LogP contribution in [0.5, 0.6) is 0 Å². The molecule has 3 aromatic rings. The molecule has 0 saturated carbocycles. The third kappa shape index (κ3) is 5.04. The molecule has 0 unspecified atom stereocenters. The molecule has 0 radical (unpaired) electrons. The second-order valence-corrected chi connectivity index (χ2v) is 6.90. The van der Waals surface area contributed by atoms with E-state index < -0.39 is 4.92 Å². The normalized spacial score (nSPS) is 10.6. The second-order valence-electron chi connectivity index (χ2n) is 6.90. The van der Waals surface area contributed by atoms with Gasteiger partial charge in [-0.15, -0.1) is 0 Å². The summed E-state index contributed by atoms with van der Waals surface area (Å²) in [6, 6.07) is 16.7. The maximum Gasteiger partial charge on any atom is 0.293 e. The van der Waals surface area contributed by atoms with E-state index in [0.717, 1.165) is 17.5 Å². The van der Waals surface area contributed by atoms with Crippen molar-refractivity contribution in [3.05, 3.63) is 99.4 Å². The van der Waals surface area contributed by atoms with Gasteiger partial charge in [0.2, 0.25) is 0 Å². The molecule has 0 aliphatic heterocycles. The fourth-order valence-corrected chi connectivity index (χ4v) is 3.20. The zero-order valence-electron chi connectivity index (χ0n) is 16.5. The Morgan fingerprint density at radius 3 is 2.31 bits per heavy atom. The Bertz CT molecular complexity index is 1000. The molecule has 0 bridgehead atoms. The van der Waals surface area contributed by atoms with Gasteiger partial charge in [-0.05, 0) is 48.2 Å². The van der Waals surface area contributed by atoms with Gasteiger partial charge in [-0.1, -0.05) is 37.3 Å². The van der Waals surface area contributed by atoms with Crippen LogP contribution >= 0.6 is 0 Å². The number of nitrogens with zero attached hydrogens (tertiary/aromatic N) is 3. The maximum absolute atomic E-state index is 11.7. The lowest BCUT2D eigenvalue weighted by molar-refractivity contribution is -0.384. The summed E-state index contributed by atoms with van der Waals surface area (Å²) in [4.78, 5) is 29.1. The van der Waals surface area contributed by atoms with E-state index in [1.54, 1.807) is 24.5 Å². The van der Waals surface area contributed by atoms with E-state index in [1.807, 2.05) is 29.2 Å². The molecule has 0 atom stereocenters. The van der Waals surface area contributed by atoms with Crippen molar-refractivity contribution in [2.75, 3.05) is 4.90 Å². The highest BCUT2D eigenvalue weighted by molar-refractivity contribution is 5.95. The van der Waals surface area contributed by atoms with Gasteiger partial charge in [0.25, 0.3) is 5.69 Å². The van der Waals surface area contributed by atoms with E-state index in [0.29, 0.717) is 24.3 Å². The Hall–Kier alpha value is -3.54. The first-order valence-electron chi connectivity index (χ1n) is 9.49. The molecule has 0 saturated heterocycles. The van der Waals surface area contributed by atoms with Crippen molar-refractivity contribution in [3.63, 3.8) is 0 Å². The summed E-state index contributed by atoms with van der Waals surface area (Å²) in [5.41, 5.74) is 3.97. The lowest BCUT2D eigenvalue weighted by Gasteiger charge is -2.25. The third-order valence-corrected chi connectivity index (χ3v) is 4.82. The first-order chi connectivity index (χ1) is 14.0. The number of pyridine rings is 1. The number of carbonyl (C=O) groups excluding carboxylic acids is 1. The molecule has 0 amide bonds. The minimum Gasteiger partial charge on any atom is -0.357 e. The molecule has 0 spiro atoms. The van der Waals surface area contributed by atoms with Crippen LogP contribution in [0.4, 0.5) is 11.4 Å². The molecule has 6 heteroatoms. The van der Waals surface area contributed by atoms with Gasteiger partial charge in [0, 0.05) is 37.1 Å². The number of aromatic nitrogens is 1. The van der Waals surface area contributed by atoms with Gasteiger partial charge in [0.05, 0.1) is 4.92 Å². The summed E-state index contributed by atoms with van der Waals surface area (Å²) in [7, 11) is 0. The molecule has 6 nitrogen and oxygen atoms in total. The molecule has 148 valence electrons. The lowest BCUT2D eigenvalue weighted by Crippen LogP contribution is -2.23. The van der Waals surface area contributed by atoms with Crippen molar-refractivity contribution in [2.45, 2.75) is 33.4 Å². The third-order valence-electron chi connectivity index (χ3n) is 4.82. The number of anilines is 1. The number of aryl methyl sites for hydroxylation is 1. The van der Waals surface area contributed by atoms with Gasteiger partial charge in [-0.25, -0.2) is 0 Å². The van der Waals surface area contributed by atoms with Gasteiger partial charge in [-0.3, -0.25) is 19.9 Å². The average molecular weight is 389 g/mol. The minimum atomic E-state index is -0.432. The molecular formula is C23H23N3O3. The number of ketones is 1.